The second kappa shape index (κ2) is 6.17. The third-order valence-corrected chi connectivity index (χ3v) is 2.69. The van der Waals surface area contributed by atoms with Crippen LogP contribution in [0, 0.1) is 12.3 Å². The number of rotatable bonds is 4. The summed E-state index contributed by atoms with van der Waals surface area (Å²) in [6, 6.07) is 4.51. The van der Waals surface area contributed by atoms with Crippen molar-refractivity contribution in [2.24, 2.45) is 0 Å². The normalized spacial score (nSPS) is 11.6. The molecule has 0 radical (unpaired) electrons. The van der Waals surface area contributed by atoms with E-state index in [0.717, 1.165) is 12.8 Å². The number of carbonyl (C=O) groups is 1. The maximum absolute atomic E-state index is 11.8. The molecule has 1 unspecified atom stereocenters. The van der Waals surface area contributed by atoms with E-state index in [2.05, 4.69) is 11.2 Å². The summed E-state index contributed by atoms with van der Waals surface area (Å²) < 4.78 is 0. The molecule has 1 atom stereocenters. The predicted molar refractivity (Wildman–Crippen MR) is 70.9 cm³/mol. The van der Waals surface area contributed by atoms with E-state index in [4.69, 9.17) is 23.8 Å². The molecule has 0 heterocycles. The van der Waals surface area contributed by atoms with Crippen LogP contribution in [0.15, 0.2) is 18.2 Å². The van der Waals surface area contributed by atoms with E-state index >= 15 is 0 Å². The number of amides is 1. The van der Waals surface area contributed by atoms with Crippen molar-refractivity contribution in [2.45, 2.75) is 25.8 Å². The van der Waals surface area contributed by atoms with Crippen LogP contribution >= 0.6 is 11.6 Å². The van der Waals surface area contributed by atoms with Crippen molar-refractivity contribution >= 4 is 23.2 Å². The minimum Gasteiger partial charge on any atom is -0.398 e. The van der Waals surface area contributed by atoms with Crippen molar-refractivity contribution in [3.63, 3.8) is 0 Å². The molecular formula is C13H15ClN2O. The zero-order chi connectivity index (χ0) is 12.8. The highest BCUT2D eigenvalue weighted by molar-refractivity contribution is 6.33. The van der Waals surface area contributed by atoms with Gasteiger partial charge in [0, 0.05) is 5.56 Å². The van der Waals surface area contributed by atoms with E-state index in [0.29, 0.717) is 16.3 Å². The number of anilines is 1. The summed E-state index contributed by atoms with van der Waals surface area (Å²) in [4.78, 5) is 11.8. The van der Waals surface area contributed by atoms with Crippen LogP contribution in [0.5, 0.6) is 0 Å². The number of hydrogen-bond donors (Lipinski definition) is 2. The minimum absolute atomic E-state index is 0.232. The van der Waals surface area contributed by atoms with Gasteiger partial charge in [0.15, 0.2) is 0 Å². The summed E-state index contributed by atoms with van der Waals surface area (Å²) in [6.45, 7) is 2.01. The standard InChI is InChI=1S/C13H15ClN2O/c1-3-5-10(4-2)16-13(17)9-6-7-11(14)12(15)8-9/h2,6-8,10H,3,5,15H2,1H3,(H,16,17). The fourth-order valence-electron chi connectivity index (χ4n) is 1.41. The lowest BCUT2D eigenvalue weighted by molar-refractivity contribution is 0.0944. The first-order chi connectivity index (χ1) is 8.08. The first-order valence-corrected chi connectivity index (χ1v) is 5.78. The van der Waals surface area contributed by atoms with E-state index < -0.39 is 0 Å². The van der Waals surface area contributed by atoms with E-state index in [1.807, 2.05) is 6.92 Å². The van der Waals surface area contributed by atoms with Crippen LogP contribution in [-0.4, -0.2) is 11.9 Å². The van der Waals surface area contributed by atoms with Gasteiger partial charge in [0.05, 0.1) is 16.8 Å². The molecule has 0 fully saturated rings. The summed E-state index contributed by atoms with van der Waals surface area (Å²) in [5, 5.41) is 3.19. The lowest BCUT2D eigenvalue weighted by Crippen LogP contribution is -2.33. The predicted octanol–water partition coefficient (Wildman–Crippen LogP) is 2.45. The lowest BCUT2D eigenvalue weighted by atomic mass is 10.1. The Labute approximate surface area is 106 Å². The van der Waals surface area contributed by atoms with Gasteiger partial charge < -0.3 is 11.1 Å². The van der Waals surface area contributed by atoms with Crippen molar-refractivity contribution in [2.75, 3.05) is 5.73 Å². The molecule has 4 heteroatoms. The number of halogens is 1. The second-order valence-corrected chi connectivity index (χ2v) is 4.12. The van der Waals surface area contributed by atoms with Crippen molar-refractivity contribution in [3.8, 4) is 12.3 Å². The quantitative estimate of drug-likeness (QED) is 0.637. The van der Waals surface area contributed by atoms with Gasteiger partial charge in [-0.15, -0.1) is 6.42 Å². The number of benzene rings is 1. The molecule has 90 valence electrons. The van der Waals surface area contributed by atoms with Crippen LogP contribution in [0.1, 0.15) is 30.1 Å². The molecule has 1 aromatic rings. The van der Waals surface area contributed by atoms with Crippen LogP contribution in [0.4, 0.5) is 5.69 Å². The van der Waals surface area contributed by atoms with Crippen molar-refractivity contribution < 1.29 is 4.79 Å². The molecule has 0 saturated carbocycles. The van der Waals surface area contributed by atoms with Gasteiger partial charge in [0.2, 0.25) is 0 Å². The number of hydrogen-bond acceptors (Lipinski definition) is 2. The Bertz CT molecular complexity index is 451. The molecule has 0 bridgehead atoms. The Hall–Kier alpha value is -1.66. The monoisotopic (exact) mass is 250 g/mol. The van der Waals surface area contributed by atoms with Crippen molar-refractivity contribution in [1.82, 2.24) is 5.32 Å². The lowest BCUT2D eigenvalue weighted by Gasteiger charge is -2.12. The number of nitrogens with two attached hydrogens (primary N) is 1. The van der Waals surface area contributed by atoms with Crippen LogP contribution < -0.4 is 11.1 Å². The van der Waals surface area contributed by atoms with Gasteiger partial charge in [-0.2, -0.15) is 0 Å². The molecule has 0 aliphatic rings. The molecule has 0 aromatic heterocycles. The molecule has 1 aromatic carbocycles. The average Bonchev–Trinajstić information content (AvgIpc) is 2.31. The maximum atomic E-state index is 11.8. The fraction of sp³-hybridized carbons (Fsp3) is 0.308. The summed E-state index contributed by atoms with van der Waals surface area (Å²) in [7, 11) is 0. The molecular weight excluding hydrogens is 236 g/mol. The fourth-order valence-corrected chi connectivity index (χ4v) is 1.53. The molecule has 0 aliphatic carbocycles. The third kappa shape index (κ3) is 3.69. The highest BCUT2D eigenvalue weighted by Gasteiger charge is 2.11. The van der Waals surface area contributed by atoms with Crippen LogP contribution in [0.25, 0.3) is 0 Å². The summed E-state index contributed by atoms with van der Waals surface area (Å²) in [5.41, 5.74) is 6.47. The first-order valence-electron chi connectivity index (χ1n) is 5.40. The van der Waals surface area contributed by atoms with Crippen molar-refractivity contribution in [1.29, 1.82) is 0 Å². The summed E-state index contributed by atoms with van der Waals surface area (Å²) in [6.07, 6.45) is 7.00. The molecule has 1 rings (SSSR count). The molecule has 0 aliphatic heterocycles. The van der Waals surface area contributed by atoms with Gasteiger partial charge in [-0.05, 0) is 24.6 Å². The largest absolute Gasteiger partial charge is 0.398 e. The minimum atomic E-state index is -0.246. The zero-order valence-electron chi connectivity index (χ0n) is 9.66. The number of nitrogen functional groups attached to an aromatic ring is 1. The average molecular weight is 251 g/mol. The van der Waals surface area contributed by atoms with Gasteiger partial charge in [-0.25, -0.2) is 0 Å². The molecule has 17 heavy (non-hydrogen) atoms. The van der Waals surface area contributed by atoms with Crippen LogP contribution in [-0.2, 0) is 0 Å². The zero-order valence-corrected chi connectivity index (χ0v) is 10.4. The SMILES string of the molecule is C#CC(CCC)NC(=O)c1ccc(Cl)c(N)c1. The summed E-state index contributed by atoms with van der Waals surface area (Å²) >= 11 is 5.78. The Kier molecular flexibility index (Phi) is 4.86. The van der Waals surface area contributed by atoms with Gasteiger partial charge in [0.1, 0.15) is 0 Å². The number of terminal acetylenes is 1. The maximum Gasteiger partial charge on any atom is 0.252 e. The number of carbonyl (C=O) groups excluding carboxylic acids is 1. The molecule has 0 saturated heterocycles. The molecule has 3 N–H and O–H groups in total. The molecule has 1 amide bonds. The van der Waals surface area contributed by atoms with Gasteiger partial charge in [-0.1, -0.05) is 30.9 Å². The van der Waals surface area contributed by atoms with Gasteiger partial charge in [-0.3, -0.25) is 4.79 Å². The van der Waals surface area contributed by atoms with Crippen molar-refractivity contribution in [3.05, 3.63) is 28.8 Å². The van der Waals surface area contributed by atoms with Gasteiger partial charge >= 0.3 is 0 Å². The first kappa shape index (κ1) is 13.4. The summed E-state index contributed by atoms with van der Waals surface area (Å²) in [5.74, 6) is 2.31. The highest BCUT2D eigenvalue weighted by atomic mass is 35.5. The Morgan fingerprint density at radius 3 is 2.88 bits per heavy atom. The van der Waals surface area contributed by atoms with Crippen LogP contribution in [0.2, 0.25) is 5.02 Å². The Morgan fingerprint density at radius 1 is 1.65 bits per heavy atom. The molecule has 0 spiro atoms. The van der Waals surface area contributed by atoms with E-state index in [1.165, 1.54) is 6.07 Å². The highest BCUT2D eigenvalue weighted by Crippen LogP contribution is 2.19. The van der Waals surface area contributed by atoms with Gasteiger partial charge in [0.25, 0.3) is 5.91 Å². The molecule has 3 nitrogen and oxygen atoms in total. The second-order valence-electron chi connectivity index (χ2n) is 3.72. The Balaban J connectivity index is 2.76. The van der Waals surface area contributed by atoms with E-state index in [1.54, 1.807) is 12.1 Å². The van der Waals surface area contributed by atoms with Crippen LogP contribution in [0.3, 0.4) is 0 Å². The van der Waals surface area contributed by atoms with E-state index in [9.17, 15) is 4.79 Å². The van der Waals surface area contributed by atoms with E-state index in [-0.39, 0.29) is 11.9 Å². The third-order valence-electron chi connectivity index (χ3n) is 2.34. The smallest absolute Gasteiger partial charge is 0.252 e. The number of nitrogens with one attached hydrogen (secondary N) is 1. The topological polar surface area (TPSA) is 55.1 Å². The Morgan fingerprint density at radius 2 is 2.35 bits per heavy atom.